The number of hydrogen-bond acceptors (Lipinski definition) is 6. The number of para-hydroxylation sites is 1. The van der Waals surface area contributed by atoms with Crippen molar-refractivity contribution in [1.29, 1.82) is 0 Å². The molecular weight excluding hydrogens is 400 g/mol. The highest BCUT2D eigenvalue weighted by Crippen LogP contribution is 2.44. The molecule has 150 valence electrons. The average Bonchev–Trinajstić information content (AvgIpc) is 3.29. The Hall–Kier alpha value is -3.45. The number of amides is 1. The minimum Gasteiger partial charge on any atom is -0.496 e. The Morgan fingerprint density at radius 2 is 1.93 bits per heavy atom. The molecule has 0 bridgehead atoms. The molecule has 30 heavy (non-hydrogen) atoms. The lowest BCUT2D eigenvalue weighted by Gasteiger charge is -2.24. The van der Waals surface area contributed by atoms with Gasteiger partial charge in [-0.2, -0.15) is 0 Å². The number of aryl methyl sites for hydroxylation is 2. The standard InChI is InChI=1S/C23H18N2O4S/c1-12-8-9-17-15(10-12)20(26)18-19(14-6-4-5-7-16(14)28-3)25(22(27)21(18)29-17)23-24-13(2)11-30-23/h4-11,19H,1-3H3. The van der Waals surface area contributed by atoms with Crippen LogP contribution in [-0.2, 0) is 0 Å². The maximum Gasteiger partial charge on any atom is 0.297 e. The zero-order valence-corrected chi connectivity index (χ0v) is 17.4. The molecule has 1 unspecified atom stereocenters. The van der Waals surface area contributed by atoms with Crippen molar-refractivity contribution in [3.05, 3.63) is 86.2 Å². The van der Waals surface area contributed by atoms with E-state index in [0.717, 1.165) is 11.3 Å². The molecule has 2 aromatic heterocycles. The van der Waals surface area contributed by atoms with Crippen molar-refractivity contribution in [2.24, 2.45) is 0 Å². The first-order valence-electron chi connectivity index (χ1n) is 9.45. The van der Waals surface area contributed by atoms with Crippen LogP contribution in [0, 0.1) is 13.8 Å². The van der Waals surface area contributed by atoms with E-state index in [4.69, 9.17) is 9.15 Å². The van der Waals surface area contributed by atoms with Crippen molar-refractivity contribution < 1.29 is 13.9 Å². The number of ether oxygens (including phenoxy) is 1. The lowest BCUT2D eigenvalue weighted by Crippen LogP contribution is -2.29. The molecule has 3 heterocycles. The Morgan fingerprint density at radius 3 is 2.67 bits per heavy atom. The Kier molecular flexibility index (Phi) is 4.22. The average molecular weight is 418 g/mol. The van der Waals surface area contributed by atoms with Crippen LogP contribution < -0.4 is 15.1 Å². The van der Waals surface area contributed by atoms with Gasteiger partial charge in [0.25, 0.3) is 5.91 Å². The van der Waals surface area contributed by atoms with Crippen LogP contribution in [0.5, 0.6) is 5.75 Å². The van der Waals surface area contributed by atoms with E-state index in [0.29, 0.717) is 33.0 Å². The van der Waals surface area contributed by atoms with E-state index in [1.54, 1.807) is 19.2 Å². The number of carbonyl (C=O) groups excluding carboxylic acids is 1. The summed E-state index contributed by atoms with van der Waals surface area (Å²) in [6, 6.07) is 12.1. The predicted molar refractivity (Wildman–Crippen MR) is 116 cm³/mol. The van der Waals surface area contributed by atoms with Gasteiger partial charge >= 0.3 is 0 Å². The summed E-state index contributed by atoms with van der Waals surface area (Å²) in [6.07, 6.45) is 0. The Bertz CT molecular complexity index is 1370. The van der Waals surface area contributed by atoms with Crippen molar-refractivity contribution in [2.75, 3.05) is 12.0 Å². The smallest absolute Gasteiger partial charge is 0.297 e. The van der Waals surface area contributed by atoms with Gasteiger partial charge in [-0.15, -0.1) is 11.3 Å². The summed E-state index contributed by atoms with van der Waals surface area (Å²) in [4.78, 5) is 33.1. The third kappa shape index (κ3) is 2.66. The van der Waals surface area contributed by atoms with Crippen LogP contribution >= 0.6 is 11.3 Å². The lowest BCUT2D eigenvalue weighted by molar-refractivity contribution is 0.0971. The molecule has 4 aromatic rings. The molecule has 2 aromatic carbocycles. The third-order valence-corrected chi connectivity index (χ3v) is 6.23. The van der Waals surface area contributed by atoms with Crippen LogP contribution in [0.15, 0.2) is 57.1 Å². The second-order valence-corrected chi connectivity index (χ2v) is 8.10. The largest absolute Gasteiger partial charge is 0.496 e. The number of fused-ring (bicyclic) bond motifs is 2. The van der Waals surface area contributed by atoms with E-state index >= 15 is 0 Å². The van der Waals surface area contributed by atoms with Gasteiger partial charge < -0.3 is 9.15 Å². The Labute approximate surface area is 176 Å². The summed E-state index contributed by atoms with van der Waals surface area (Å²) in [7, 11) is 1.57. The molecule has 0 spiro atoms. The van der Waals surface area contributed by atoms with Gasteiger partial charge in [-0.25, -0.2) is 4.98 Å². The molecule has 7 heteroatoms. The van der Waals surface area contributed by atoms with Gasteiger partial charge in [0.1, 0.15) is 17.4 Å². The van der Waals surface area contributed by atoms with Gasteiger partial charge in [0.05, 0.1) is 23.8 Å². The van der Waals surface area contributed by atoms with Crippen molar-refractivity contribution in [3.8, 4) is 5.75 Å². The van der Waals surface area contributed by atoms with Crippen LogP contribution in [-0.4, -0.2) is 18.0 Å². The first-order chi connectivity index (χ1) is 14.5. The second-order valence-electron chi connectivity index (χ2n) is 7.26. The SMILES string of the molecule is COc1ccccc1C1c2c(oc3ccc(C)cc3c2=O)C(=O)N1c1nc(C)cs1. The topological polar surface area (TPSA) is 72.6 Å². The van der Waals surface area contributed by atoms with Crippen LogP contribution in [0.3, 0.4) is 0 Å². The van der Waals surface area contributed by atoms with Crippen LogP contribution in [0.4, 0.5) is 5.13 Å². The monoisotopic (exact) mass is 418 g/mol. The normalized spacial score (nSPS) is 15.6. The van der Waals surface area contributed by atoms with Gasteiger partial charge in [0.15, 0.2) is 10.6 Å². The minimum atomic E-state index is -0.685. The van der Waals surface area contributed by atoms with E-state index in [9.17, 15) is 9.59 Å². The van der Waals surface area contributed by atoms with Gasteiger partial charge in [-0.1, -0.05) is 29.8 Å². The molecule has 6 nitrogen and oxygen atoms in total. The van der Waals surface area contributed by atoms with Crippen molar-refractivity contribution in [2.45, 2.75) is 19.9 Å². The van der Waals surface area contributed by atoms with Crippen molar-refractivity contribution >= 4 is 33.3 Å². The summed E-state index contributed by atoms with van der Waals surface area (Å²) in [5, 5.41) is 2.85. The maximum atomic E-state index is 13.6. The molecule has 5 rings (SSSR count). The fraction of sp³-hybridized carbons (Fsp3) is 0.174. The molecule has 0 saturated carbocycles. The van der Waals surface area contributed by atoms with Gasteiger partial charge in [0.2, 0.25) is 5.76 Å². The fourth-order valence-corrected chi connectivity index (χ4v) is 4.75. The molecule has 0 radical (unpaired) electrons. The highest BCUT2D eigenvalue weighted by molar-refractivity contribution is 7.14. The molecular formula is C23H18N2O4S. The van der Waals surface area contributed by atoms with Crippen molar-refractivity contribution in [3.63, 3.8) is 0 Å². The number of nitrogens with zero attached hydrogens (tertiary/aromatic N) is 2. The molecule has 0 saturated heterocycles. The van der Waals surface area contributed by atoms with E-state index in [2.05, 4.69) is 4.98 Å². The van der Waals surface area contributed by atoms with Gasteiger partial charge in [0, 0.05) is 10.9 Å². The van der Waals surface area contributed by atoms with Crippen molar-refractivity contribution in [1.82, 2.24) is 4.98 Å². The van der Waals surface area contributed by atoms with E-state index in [1.165, 1.54) is 16.2 Å². The molecule has 0 N–H and O–H groups in total. The van der Waals surface area contributed by atoms with Crippen LogP contribution in [0.1, 0.15) is 39.0 Å². The van der Waals surface area contributed by atoms with Gasteiger partial charge in [-0.3, -0.25) is 14.5 Å². The van der Waals surface area contributed by atoms with Gasteiger partial charge in [-0.05, 0) is 32.0 Å². The molecule has 0 fully saturated rings. The predicted octanol–water partition coefficient (Wildman–Crippen LogP) is 4.62. The molecule has 1 aliphatic rings. The van der Waals surface area contributed by atoms with E-state index in [-0.39, 0.29) is 17.1 Å². The zero-order valence-electron chi connectivity index (χ0n) is 16.6. The second kappa shape index (κ2) is 6.81. The summed E-state index contributed by atoms with van der Waals surface area (Å²) < 4.78 is 11.5. The molecule has 1 aliphatic heterocycles. The summed E-state index contributed by atoms with van der Waals surface area (Å²) in [5.41, 5.74) is 2.95. The fourth-order valence-electron chi connectivity index (χ4n) is 3.92. The van der Waals surface area contributed by atoms with Crippen LogP contribution in [0.2, 0.25) is 0 Å². The number of methoxy groups -OCH3 is 1. The maximum absolute atomic E-state index is 13.6. The number of carbonyl (C=O) groups is 1. The minimum absolute atomic E-state index is 0.0557. The lowest BCUT2D eigenvalue weighted by atomic mass is 9.97. The number of aromatic nitrogens is 1. The number of rotatable bonds is 3. The number of thiazole rings is 1. The number of benzene rings is 2. The molecule has 0 aliphatic carbocycles. The highest BCUT2D eigenvalue weighted by atomic mass is 32.1. The molecule has 1 atom stereocenters. The van der Waals surface area contributed by atoms with E-state index in [1.807, 2.05) is 49.6 Å². The van der Waals surface area contributed by atoms with E-state index < -0.39 is 6.04 Å². The first-order valence-corrected chi connectivity index (χ1v) is 10.3. The summed E-state index contributed by atoms with van der Waals surface area (Å²) in [5.74, 6) is 0.264. The first kappa shape index (κ1) is 18.6. The summed E-state index contributed by atoms with van der Waals surface area (Å²) in [6.45, 7) is 3.78. The summed E-state index contributed by atoms with van der Waals surface area (Å²) >= 11 is 1.36. The quantitative estimate of drug-likeness (QED) is 0.485. The van der Waals surface area contributed by atoms with Crippen LogP contribution in [0.25, 0.3) is 11.0 Å². The molecule has 1 amide bonds. The Balaban J connectivity index is 1.86. The zero-order chi connectivity index (χ0) is 21.0. The highest BCUT2D eigenvalue weighted by Gasteiger charge is 2.45. The third-order valence-electron chi connectivity index (χ3n) is 5.27. The number of hydrogen-bond donors (Lipinski definition) is 0. The Morgan fingerprint density at radius 1 is 1.13 bits per heavy atom. The number of anilines is 1.